The van der Waals surface area contributed by atoms with E-state index in [0.29, 0.717) is 11.1 Å². The topological polar surface area (TPSA) is 74.6 Å². The van der Waals surface area contributed by atoms with Crippen molar-refractivity contribution in [2.24, 2.45) is 0 Å². The Morgan fingerprint density at radius 1 is 0.577 bits per heavy atom. The van der Waals surface area contributed by atoms with Gasteiger partial charge in [0.05, 0.1) is 11.1 Å². The number of carbonyl (C=O) groups is 2. The summed E-state index contributed by atoms with van der Waals surface area (Å²) in [6.07, 6.45) is 0. The summed E-state index contributed by atoms with van der Waals surface area (Å²) in [5.41, 5.74) is 2.87. The second-order valence-corrected chi connectivity index (χ2v) is 5.67. The normalized spacial score (nSPS) is 10.2. The lowest BCUT2D eigenvalue weighted by Crippen LogP contribution is -2.04. The third-order valence-electron chi connectivity index (χ3n) is 4.02. The maximum absolute atomic E-state index is 11.8. The SMILES string of the molecule is O=C(O)c1ccc(-c2cccccc3ccccccc2-3)c(C(=O)O)c1. The summed E-state index contributed by atoms with van der Waals surface area (Å²) in [5.74, 6) is -2.33. The van der Waals surface area contributed by atoms with E-state index < -0.39 is 11.9 Å². The Kier molecular flexibility index (Phi) is 4.94. The fraction of sp³-hybridized carbons (Fsp3) is 0. The molecular weight excluding hydrogens is 328 g/mol. The quantitative estimate of drug-likeness (QED) is 0.703. The second kappa shape index (κ2) is 7.49. The molecule has 0 spiro atoms. The molecule has 0 fully saturated rings. The first kappa shape index (κ1) is 17.2. The lowest BCUT2D eigenvalue weighted by molar-refractivity contribution is 0.0696. The Morgan fingerprint density at radius 2 is 1.15 bits per heavy atom. The Hall–Kier alpha value is -3.66. The maximum atomic E-state index is 11.8. The summed E-state index contributed by atoms with van der Waals surface area (Å²) in [7, 11) is 0. The zero-order chi connectivity index (χ0) is 18.5. The van der Waals surface area contributed by atoms with Gasteiger partial charge in [0.15, 0.2) is 0 Å². The van der Waals surface area contributed by atoms with Crippen molar-refractivity contribution in [1.29, 1.82) is 0 Å². The number of hydrogen-bond donors (Lipinski definition) is 2. The minimum atomic E-state index is -1.17. The Labute approximate surface area is 150 Å². The summed E-state index contributed by atoms with van der Waals surface area (Å²) in [6.45, 7) is 0. The van der Waals surface area contributed by atoms with Crippen LogP contribution < -0.4 is 0 Å². The van der Waals surface area contributed by atoms with Crippen molar-refractivity contribution in [2.75, 3.05) is 0 Å². The van der Waals surface area contributed by atoms with E-state index in [9.17, 15) is 14.7 Å². The van der Waals surface area contributed by atoms with Crippen molar-refractivity contribution < 1.29 is 19.8 Å². The van der Waals surface area contributed by atoms with Crippen LogP contribution in [0.25, 0.3) is 22.3 Å². The van der Waals surface area contributed by atoms with Crippen LogP contribution in [0.4, 0.5) is 0 Å². The van der Waals surface area contributed by atoms with Crippen LogP contribution in [0.15, 0.2) is 84.9 Å². The molecule has 2 aliphatic carbocycles. The molecule has 0 saturated carbocycles. The predicted octanol–water partition coefficient (Wildman–Crippen LogP) is 4.98. The molecule has 0 aliphatic heterocycles. The van der Waals surface area contributed by atoms with Crippen molar-refractivity contribution in [3.8, 4) is 22.3 Å². The van der Waals surface area contributed by atoms with E-state index in [1.807, 2.05) is 66.7 Å². The smallest absolute Gasteiger partial charge is 0.336 e. The first-order chi connectivity index (χ1) is 12.6. The lowest BCUT2D eigenvalue weighted by atomic mass is 9.91. The van der Waals surface area contributed by atoms with Gasteiger partial charge in [-0.3, -0.25) is 0 Å². The molecule has 1 aromatic carbocycles. The van der Waals surface area contributed by atoms with Gasteiger partial charge < -0.3 is 10.2 Å². The van der Waals surface area contributed by atoms with E-state index in [4.69, 9.17) is 5.11 Å². The van der Waals surface area contributed by atoms with Crippen LogP contribution in [-0.4, -0.2) is 22.2 Å². The number of carboxylic acids is 2. The van der Waals surface area contributed by atoms with Gasteiger partial charge in [-0.25, -0.2) is 9.59 Å². The Morgan fingerprint density at radius 3 is 1.77 bits per heavy atom. The van der Waals surface area contributed by atoms with Crippen LogP contribution in [-0.2, 0) is 0 Å². The molecule has 4 heteroatoms. The molecule has 26 heavy (non-hydrogen) atoms. The van der Waals surface area contributed by atoms with Gasteiger partial charge in [-0.05, 0) is 34.4 Å². The van der Waals surface area contributed by atoms with Crippen LogP contribution in [0.2, 0.25) is 0 Å². The minimum Gasteiger partial charge on any atom is -0.478 e. The van der Waals surface area contributed by atoms with Gasteiger partial charge in [-0.15, -0.1) is 0 Å². The van der Waals surface area contributed by atoms with E-state index in [1.54, 1.807) is 6.07 Å². The molecule has 0 bridgehead atoms. The molecule has 0 atom stereocenters. The van der Waals surface area contributed by atoms with Crippen molar-refractivity contribution in [3.63, 3.8) is 0 Å². The van der Waals surface area contributed by atoms with Crippen molar-refractivity contribution >= 4 is 11.9 Å². The number of benzene rings is 1. The first-order valence-corrected chi connectivity index (χ1v) is 8.00. The second-order valence-electron chi connectivity index (χ2n) is 5.67. The van der Waals surface area contributed by atoms with Gasteiger partial charge in [0, 0.05) is 0 Å². The minimum absolute atomic E-state index is 0.0454. The number of rotatable bonds is 3. The number of aromatic carboxylic acids is 2. The summed E-state index contributed by atoms with van der Waals surface area (Å²) in [5, 5.41) is 18.8. The third kappa shape index (κ3) is 3.54. The summed E-state index contributed by atoms with van der Waals surface area (Å²) >= 11 is 0. The molecule has 2 aliphatic rings. The van der Waals surface area contributed by atoms with Crippen molar-refractivity contribution in [1.82, 2.24) is 0 Å². The largest absolute Gasteiger partial charge is 0.478 e. The highest BCUT2D eigenvalue weighted by molar-refractivity contribution is 6.01. The summed E-state index contributed by atoms with van der Waals surface area (Å²) in [6, 6.07) is 25.0. The fourth-order valence-electron chi connectivity index (χ4n) is 2.80. The molecule has 4 nitrogen and oxygen atoms in total. The van der Waals surface area contributed by atoms with Crippen LogP contribution in [0.3, 0.4) is 0 Å². The van der Waals surface area contributed by atoms with E-state index in [0.717, 1.165) is 11.1 Å². The number of hydrogen-bond acceptors (Lipinski definition) is 2. The fourth-order valence-corrected chi connectivity index (χ4v) is 2.80. The van der Waals surface area contributed by atoms with Crippen LogP contribution >= 0.6 is 0 Å². The molecule has 0 aromatic heterocycles. The average Bonchev–Trinajstić information content (AvgIpc) is 2.58. The molecular formula is C22H16O4. The van der Waals surface area contributed by atoms with Crippen molar-refractivity contribution in [3.05, 3.63) is 96.1 Å². The van der Waals surface area contributed by atoms with Gasteiger partial charge in [0.2, 0.25) is 0 Å². The molecule has 0 unspecified atom stereocenters. The van der Waals surface area contributed by atoms with Crippen LogP contribution in [0, 0.1) is 0 Å². The monoisotopic (exact) mass is 344 g/mol. The van der Waals surface area contributed by atoms with Gasteiger partial charge in [-0.2, -0.15) is 0 Å². The standard InChI is InChI=1S/C22H16O4/c23-21(24)16-12-13-19(20(14-16)22(25)26)18-11-7-3-5-9-15-8-4-1-2-6-10-17(15)18/h1-14H,(H,23,24)(H,25,26). The van der Waals surface area contributed by atoms with E-state index >= 15 is 0 Å². The average molecular weight is 344 g/mol. The molecule has 3 rings (SSSR count). The molecule has 2 N–H and O–H groups in total. The van der Waals surface area contributed by atoms with E-state index in [-0.39, 0.29) is 11.1 Å². The lowest BCUT2D eigenvalue weighted by Gasteiger charge is -2.12. The first-order valence-electron chi connectivity index (χ1n) is 8.00. The molecule has 0 heterocycles. The Bertz CT molecular complexity index is 1000. The van der Waals surface area contributed by atoms with E-state index in [2.05, 4.69) is 0 Å². The maximum Gasteiger partial charge on any atom is 0.336 e. The third-order valence-corrected chi connectivity index (χ3v) is 4.02. The zero-order valence-corrected chi connectivity index (χ0v) is 13.8. The highest BCUT2D eigenvalue weighted by atomic mass is 16.4. The van der Waals surface area contributed by atoms with Gasteiger partial charge in [0.25, 0.3) is 0 Å². The van der Waals surface area contributed by atoms with Gasteiger partial charge in [-0.1, -0.05) is 72.8 Å². The van der Waals surface area contributed by atoms with Gasteiger partial charge in [0.1, 0.15) is 0 Å². The predicted molar refractivity (Wildman–Crippen MR) is 100 cm³/mol. The summed E-state index contributed by atoms with van der Waals surface area (Å²) in [4.78, 5) is 23.0. The number of fused-ring (bicyclic) bond motifs is 1. The number of carboxylic acid groups (broad SMARTS) is 2. The molecule has 128 valence electrons. The van der Waals surface area contributed by atoms with Crippen molar-refractivity contribution in [2.45, 2.75) is 0 Å². The highest BCUT2D eigenvalue weighted by Gasteiger charge is 2.17. The highest BCUT2D eigenvalue weighted by Crippen LogP contribution is 2.33. The van der Waals surface area contributed by atoms with Gasteiger partial charge >= 0.3 is 11.9 Å². The molecule has 0 amide bonds. The summed E-state index contributed by atoms with van der Waals surface area (Å²) < 4.78 is 0. The molecule has 1 aromatic rings. The van der Waals surface area contributed by atoms with Crippen LogP contribution in [0.1, 0.15) is 20.7 Å². The Balaban J connectivity index is 2.38. The zero-order valence-electron chi connectivity index (χ0n) is 13.8. The van der Waals surface area contributed by atoms with Crippen LogP contribution in [0.5, 0.6) is 0 Å². The molecule has 0 saturated heterocycles. The molecule has 0 radical (unpaired) electrons. The van der Waals surface area contributed by atoms with E-state index in [1.165, 1.54) is 12.1 Å².